The van der Waals surface area contributed by atoms with E-state index in [2.05, 4.69) is 15.6 Å². The Kier molecular flexibility index (Phi) is 3.16. The van der Waals surface area contributed by atoms with Crippen LogP contribution in [-0.2, 0) is 6.42 Å². The molecule has 1 aromatic carbocycles. The lowest BCUT2D eigenvalue weighted by molar-refractivity contribution is 0.470. The Labute approximate surface area is 93.7 Å². The molecule has 0 amide bonds. The molecular formula is C11H14N4O. The van der Waals surface area contributed by atoms with Crippen molar-refractivity contribution in [2.75, 3.05) is 13.6 Å². The maximum absolute atomic E-state index is 9.65. The quantitative estimate of drug-likeness (QED) is 0.794. The molecular weight excluding hydrogens is 204 g/mol. The van der Waals surface area contributed by atoms with Crippen LogP contribution in [0.5, 0.6) is 5.75 Å². The van der Waals surface area contributed by atoms with Crippen LogP contribution < -0.4 is 5.32 Å². The van der Waals surface area contributed by atoms with Gasteiger partial charge < -0.3 is 10.4 Å². The zero-order valence-corrected chi connectivity index (χ0v) is 9.09. The molecule has 2 N–H and O–H groups in total. The van der Waals surface area contributed by atoms with Crippen LogP contribution in [0.25, 0.3) is 5.69 Å². The van der Waals surface area contributed by atoms with E-state index < -0.39 is 0 Å². The summed E-state index contributed by atoms with van der Waals surface area (Å²) in [6, 6.07) is 7.05. The van der Waals surface area contributed by atoms with E-state index in [1.807, 2.05) is 19.3 Å². The summed E-state index contributed by atoms with van der Waals surface area (Å²) in [5.74, 6) is 0.201. The number of nitrogens with one attached hydrogen (secondary N) is 1. The number of hydrogen-bond donors (Lipinski definition) is 2. The third-order valence-corrected chi connectivity index (χ3v) is 2.30. The van der Waals surface area contributed by atoms with E-state index in [-0.39, 0.29) is 5.75 Å². The van der Waals surface area contributed by atoms with Crippen molar-refractivity contribution in [3.8, 4) is 11.4 Å². The maximum atomic E-state index is 9.65. The summed E-state index contributed by atoms with van der Waals surface area (Å²) < 4.78 is 1.58. The maximum Gasteiger partial charge on any atom is 0.141 e. The second-order valence-electron chi connectivity index (χ2n) is 3.50. The lowest BCUT2D eigenvalue weighted by Gasteiger charge is -2.01. The Morgan fingerprint density at radius 1 is 1.38 bits per heavy atom. The number of nitrogens with zero attached hydrogens (tertiary/aromatic N) is 3. The molecule has 5 heteroatoms. The van der Waals surface area contributed by atoms with Crippen LogP contribution >= 0.6 is 0 Å². The first kappa shape index (κ1) is 10.6. The number of hydrogen-bond acceptors (Lipinski definition) is 4. The van der Waals surface area contributed by atoms with E-state index in [0.29, 0.717) is 5.69 Å². The van der Waals surface area contributed by atoms with E-state index >= 15 is 0 Å². The van der Waals surface area contributed by atoms with Gasteiger partial charge in [0.05, 0.1) is 11.9 Å². The van der Waals surface area contributed by atoms with E-state index in [0.717, 1.165) is 18.7 Å². The van der Waals surface area contributed by atoms with Crippen LogP contribution in [0.1, 0.15) is 5.69 Å². The summed E-state index contributed by atoms with van der Waals surface area (Å²) in [6.07, 6.45) is 2.65. The molecule has 1 heterocycles. The number of benzene rings is 1. The summed E-state index contributed by atoms with van der Waals surface area (Å²) in [5.41, 5.74) is 1.54. The first-order valence-corrected chi connectivity index (χ1v) is 5.15. The Bertz CT molecular complexity index is 467. The Hall–Kier alpha value is -1.88. The highest BCUT2D eigenvalue weighted by Crippen LogP contribution is 2.19. The molecule has 0 fully saturated rings. The molecule has 16 heavy (non-hydrogen) atoms. The number of aromatic hydroxyl groups is 1. The number of phenolic OH excluding ortho intramolecular Hbond substituents is 1. The van der Waals surface area contributed by atoms with E-state index in [9.17, 15) is 5.11 Å². The number of aromatic nitrogens is 3. The summed E-state index contributed by atoms with van der Waals surface area (Å²) in [6.45, 7) is 0.861. The molecule has 0 bridgehead atoms. The fourth-order valence-electron chi connectivity index (χ4n) is 1.44. The minimum Gasteiger partial charge on any atom is -0.506 e. The molecule has 5 nitrogen and oxygen atoms in total. The lowest BCUT2D eigenvalue weighted by atomic mass is 10.3. The van der Waals surface area contributed by atoms with Crippen LogP contribution in [0, 0.1) is 0 Å². The average molecular weight is 218 g/mol. The van der Waals surface area contributed by atoms with Gasteiger partial charge in [-0.1, -0.05) is 17.3 Å². The third kappa shape index (κ3) is 2.20. The molecule has 0 aliphatic heterocycles. The molecule has 0 saturated heterocycles. The highest BCUT2D eigenvalue weighted by atomic mass is 16.3. The molecule has 0 radical (unpaired) electrons. The van der Waals surface area contributed by atoms with Gasteiger partial charge in [0.2, 0.25) is 0 Å². The summed E-state index contributed by atoms with van der Waals surface area (Å²) in [5, 5.41) is 20.7. The summed E-state index contributed by atoms with van der Waals surface area (Å²) >= 11 is 0. The van der Waals surface area contributed by atoms with Gasteiger partial charge >= 0.3 is 0 Å². The van der Waals surface area contributed by atoms with Crippen molar-refractivity contribution in [3.63, 3.8) is 0 Å². The average Bonchev–Trinajstić information content (AvgIpc) is 2.75. The monoisotopic (exact) mass is 218 g/mol. The van der Waals surface area contributed by atoms with Crippen molar-refractivity contribution in [1.82, 2.24) is 20.3 Å². The molecule has 1 aromatic heterocycles. The van der Waals surface area contributed by atoms with Crippen molar-refractivity contribution < 1.29 is 5.11 Å². The van der Waals surface area contributed by atoms with Crippen molar-refractivity contribution in [3.05, 3.63) is 36.2 Å². The fraction of sp³-hybridized carbons (Fsp3) is 0.273. The van der Waals surface area contributed by atoms with Crippen molar-refractivity contribution >= 4 is 0 Å². The van der Waals surface area contributed by atoms with Crippen LogP contribution in [0.15, 0.2) is 30.5 Å². The highest BCUT2D eigenvalue weighted by molar-refractivity contribution is 5.44. The molecule has 0 atom stereocenters. The van der Waals surface area contributed by atoms with Crippen LogP contribution in [-0.4, -0.2) is 33.7 Å². The topological polar surface area (TPSA) is 63.0 Å². The van der Waals surface area contributed by atoms with Gasteiger partial charge in [0.15, 0.2) is 0 Å². The number of para-hydroxylation sites is 2. The summed E-state index contributed by atoms with van der Waals surface area (Å²) in [7, 11) is 1.90. The van der Waals surface area contributed by atoms with Gasteiger partial charge in [0, 0.05) is 13.0 Å². The predicted octanol–water partition coefficient (Wildman–Crippen LogP) is 0.735. The molecule has 2 aromatic rings. The first-order chi connectivity index (χ1) is 7.81. The molecule has 0 spiro atoms. The molecule has 84 valence electrons. The molecule has 0 unspecified atom stereocenters. The molecule has 0 saturated carbocycles. The highest BCUT2D eigenvalue weighted by Gasteiger charge is 2.05. The van der Waals surface area contributed by atoms with Gasteiger partial charge in [-0.05, 0) is 19.2 Å². The number of likely N-dealkylation sites (N-methyl/N-ethyl adjacent to an activating group) is 1. The van der Waals surface area contributed by atoms with Crippen molar-refractivity contribution in [2.45, 2.75) is 6.42 Å². The first-order valence-electron chi connectivity index (χ1n) is 5.15. The lowest BCUT2D eigenvalue weighted by Crippen LogP contribution is -2.10. The van der Waals surface area contributed by atoms with Gasteiger partial charge in [0.1, 0.15) is 11.4 Å². The van der Waals surface area contributed by atoms with Crippen molar-refractivity contribution in [1.29, 1.82) is 0 Å². The normalized spacial score (nSPS) is 10.6. The van der Waals surface area contributed by atoms with Gasteiger partial charge in [-0.25, -0.2) is 4.68 Å². The van der Waals surface area contributed by atoms with E-state index in [1.165, 1.54) is 0 Å². The molecule has 0 aliphatic rings. The minimum atomic E-state index is 0.201. The van der Waals surface area contributed by atoms with Gasteiger partial charge in [0.25, 0.3) is 0 Å². The SMILES string of the molecule is CNCCc1cn(-c2ccccc2O)nn1. The van der Waals surface area contributed by atoms with Gasteiger partial charge in [-0.2, -0.15) is 0 Å². The Balaban J connectivity index is 2.22. The zero-order valence-electron chi connectivity index (χ0n) is 9.09. The Morgan fingerprint density at radius 2 is 2.19 bits per heavy atom. The minimum absolute atomic E-state index is 0.201. The number of rotatable bonds is 4. The predicted molar refractivity (Wildman–Crippen MR) is 60.7 cm³/mol. The second kappa shape index (κ2) is 4.76. The second-order valence-corrected chi connectivity index (χ2v) is 3.50. The van der Waals surface area contributed by atoms with E-state index in [1.54, 1.807) is 22.9 Å². The standard InChI is InChI=1S/C11H14N4O/c1-12-7-6-9-8-15(14-13-9)10-4-2-3-5-11(10)16/h2-5,8,12,16H,6-7H2,1H3. The van der Waals surface area contributed by atoms with Gasteiger partial charge in [-0.3, -0.25) is 0 Å². The fourth-order valence-corrected chi connectivity index (χ4v) is 1.44. The van der Waals surface area contributed by atoms with Crippen LogP contribution in [0.2, 0.25) is 0 Å². The summed E-state index contributed by atoms with van der Waals surface area (Å²) in [4.78, 5) is 0. The smallest absolute Gasteiger partial charge is 0.141 e. The van der Waals surface area contributed by atoms with Gasteiger partial charge in [-0.15, -0.1) is 5.10 Å². The Morgan fingerprint density at radius 3 is 2.94 bits per heavy atom. The van der Waals surface area contributed by atoms with Crippen LogP contribution in [0.4, 0.5) is 0 Å². The molecule has 0 aliphatic carbocycles. The largest absolute Gasteiger partial charge is 0.506 e. The van der Waals surface area contributed by atoms with Crippen LogP contribution in [0.3, 0.4) is 0 Å². The zero-order chi connectivity index (χ0) is 11.4. The third-order valence-electron chi connectivity index (χ3n) is 2.30. The van der Waals surface area contributed by atoms with E-state index in [4.69, 9.17) is 0 Å². The molecule has 2 rings (SSSR count). The van der Waals surface area contributed by atoms with Crippen molar-refractivity contribution in [2.24, 2.45) is 0 Å². The number of phenols is 1.